The van der Waals surface area contributed by atoms with E-state index < -0.39 is 0 Å². The Kier molecular flexibility index (Phi) is 8.89. The van der Waals surface area contributed by atoms with Crippen LogP contribution in [0.2, 0.25) is 0 Å². The second-order valence-electron chi connectivity index (χ2n) is 17.2. The third-order valence-corrected chi connectivity index (χ3v) is 14.8. The van der Waals surface area contributed by atoms with Crippen molar-refractivity contribution in [3.8, 4) is 44.5 Å². The smallest absolute Gasteiger partial charge is 0.0434 e. The third kappa shape index (κ3) is 6.08. The standard InChI is InChI=1S/C62H40N2S/c1-2-16-39(17-3-1)57-45-20-4-8-24-49(45)59(50-25-9-5-21-46(50)57)53-28-13-31-56-61(53)55-30-12-29-54(62(55)65-56)60-51-26-10-6-22-47(51)58(48-23-7-11-27-52(48)60)44-35-42(40-18-14-32-63-37-40)34-43(36-44)41-19-15-33-64-38-41/h1-38,47,58H/t47-,58?/m0/s1. The van der Waals surface area contributed by atoms with Crippen LogP contribution >= 0.6 is 11.3 Å². The van der Waals surface area contributed by atoms with Gasteiger partial charge in [0, 0.05) is 73.5 Å². The lowest BCUT2D eigenvalue weighted by Crippen LogP contribution is -2.23. The fourth-order valence-electron chi connectivity index (χ4n) is 10.9. The second kappa shape index (κ2) is 15.4. The average Bonchev–Trinajstić information content (AvgIpc) is 3.77. The molecule has 11 aromatic rings. The van der Waals surface area contributed by atoms with E-state index in [9.17, 15) is 0 Å². The number of benzene rings is 8. The first kappa shape index (κ1) is 37.6. The van der Waals surface area contributed by atoms with E-state index in [1.807, 2.05) is 48.3 Å². The van der Waals surface area contributed by atoms with E-state index in [4.69, 9.17) is 0 Å². The Balaban J connectivity index is 1.03. The lowest BCUT2D eigenvalue weighted by molar-refractivity contribution is 0.649. The number of hydrogen-bond acceptors (Lipinski definition) is 3. The molecule has 0 amide bonds. The molecule has 2 aliphatic rings. The molecule has 3 aromatic heterocycles. The van der Waals surface area contributed by atoms with Crippen LogP contribution < -0.4 is 0 Å². The lowest BCUT2D eigenvalue weighted by Gasteiger charge is -2.37. The summed E-state index contributed by atoms with van der Waals surface area (Å²) in [5.41, 5.74) is 17.5. The Morgan fingerprint density at radius 3 is 1.71 bits per heavy atom. The number of allylic oxidation sites excluding steroid dienone is 5. The summed E-state index contributed by atoms with van der Waals surface area (Å²) in [5, 5.41) is 7.69. The quantitative estimate of drug-likeness (QED) is 0.156. The zero-order valence-electron chi connectivity index (χ0n) is 35.4. The maximum Gasteiger partial charge on any atom is 0.0434 e. The van der Waals surface area contributed by atoms with Crippen LogP contribution in [-0.2, 0) is 0 Å². The Hall–Kier alpha value is -7.98. The zero-order chi connectivity index (χ0) is 42.8. The minimum Gasteiger partial charge on any atom is -0.264 e. The number of thiophene rings is 1. The Morgan fingerprint density at radius 2 is 1.02 bits per heavy atom. The van der Waals surface area contributed by atoms with Crippen LogP contribution in [0.25, 0.3) is 91.8 Å². The van der Waals surface area contributed by atoms with Gasteiger partial charge in [0.05, 0.1) is 0 Å². The average molecular weight is 845 g/mol. The molecule has 2 aliphatic carbocycles. The minimum absolute atomic E-state index is 0.0897. The number of fused-ring (bicyclic) bond motifs is 7. The van der Waals surface area contributed by atoms with Gasteiger partial charge in [-0.2, -0.15) is 0 Å². The van der Waals surface area contributed by atoms with Gasteiger partial charge in [0.1, 0.15) is 0 Å². The molecule has 0 aliphatic heterocycles. The molecule has 304 valence electrons. The van der Waals surface area contributed by atoms with Crippen molar-refractivity contribution in [2.24, 2.45) is 5.92 Å². The van der Waals surface area contributed by atoms with Gasteiger partial charge >= 0.3 is 0 Å². The maximum absolute atomic E-state index is 4.52. The van der Waals surface area contributed by atoms with E-state index in [-0.39, 0.29) is 11.8 Å². The van der Waals surface area contributed by atoms with E-state index in [1.165, 1.54) is 97.4 Å². The van der Waals surface area contributed by atoms with Crippen molar-refractivity contribution in [1.82, 2.24) is 9.97 Å². The molecule has 65 heavy (non-hydrogen) atoms. The number of rotatable bonds is 6. The predicted octanol–water partition coefficient (Wildman–Crippen LogP) is 16.5. The van der Waals surface area contributed by atoms with Crippen molar-refractivity contribution < 1.29 is 0 Å². The maximum atomic E-state index is 4.52. The highest BCUT2D eigenvalue weighted by Gasteiger charge is 2.36. The van der Waals surface area contributed by atoms with Crippen molar-refractivity contribution in [1.29, 1.82) is 0 Å². The van der Waals surface area contributed by atoms with Crippen LogP contribution in [0.1, 0.15) is 28.2 Å². The molecular formula is C62H40N2S. The van der Waals surface area contributed by atoms with Gasteiger partial charge in [-0.05, 0) is 107 Å². The molecule has 8 aromatic carbocycles. The number of pyridine rings is 2. The molecule has 13 rings (SSSR count). The SMILES string of the molecule is C1=CC2=C(c3cccc4c3sc3cccc(-c5c6ccccc6c(-c6ccccc6)c6ccccc56)c34)c3ccccc3C(c3cc(-c4cccnc4)cc(-c4cccnc4)c3)[C@H]2C=C1. The largest absolute Gasteiger partial charge is 0.264 e. The van der Waals surface area contributed by atoms with Crippen LogP contribution in [0.15, 0.2) is 237 Å². The van der Waals surface area contributed by atoms with Crippen molar-refractivity contribution in [2.75, 3.05) is 0 Å². The summed E-state index contributed by atoms with van der Waals surface area (Å²) in [6.45, 7) is 0. The third-order valence-electron chi connectivity index (χ3n) is 13.6. The molecule has 3 heterocycles. The first-order chi connectivity index (χ1) is 32.3. The number of hydrogen-bond donors (Lipinski definition) is 0. The zero-order valence-corrected chi connectivity index (χ0v) is 36.2. The molecule has 0 bridgehead atoms. The Bertz CT molecular complexity index is 3650. The molecule has 2 nitrogen and oxygen atoms in total. The normalized spacial score (nSPS) is 15.5. The fraction of sp³-hybridized carbons (Fsp3) is 0.0323. The van der Waals surface area contributed by atoms with Crippen LogP contribution in [0, 0.1) is 5.92 Å². The van der Waals surface area contributed by atoms with E-state index in [0.717, 1.165) is 22.3 Å². The van der Waals surface area contributed by atoms with Crippen molar-refractivity contribution in [3.63, 3.8) is 0 Å². The highest BCUT2D eigenvalue weighted by atomic mass is 32.1. The first-order valence-electron chi connectivity index (χ1n) is 22.4. The summed E-state index contributed by atoms with van der Waals surface area (Å²) < 4.78 is 2.61. The summed E-state index contributed by atoms with van der Waals surface area (Å²) in [6.07, 6.45) is 16.9. The molecule has 1 unspecified atom stereocenters. The van der Waals surface area contributed by atoms with E-state index in [2.05, 4.69) is 204 Å². The molecule has 0 spiro atoms. The highest BCUT2D eigenvalue weighted by molar-refractivity contribution is 7.26. The van der Waals surface area contributed by atoms with E-state index in [0.29, 0.717) is 0 Å². The topological polar surface area (TPSA) is 25.8 Å². The van der Waals surface area contributed by atoms with Gasteiger partial charge in [-0.3, -0.25) is 9.97 Å². The molecule has 2 atom stereocenters. The molecule has 0 radical (unpaired) electrons. The van der Waals surface area contributed by atoms with Crippen LogP contribution in [0.4, 0.5) is 0 Å². The van der Waals surface area contributed by atoms with Gasteiger partial charge in [0.25, 0.3) is 0 Å². The highest BCUT2D eigenvalue weighted by Crippen LogP contribution is 2.54. The van der Waals surface area contributed by atoms with E-state index in [1.54, 1.807) is 0 Å². The van der Waals surface area contributed by atoms with Crippen LogP contribution in [0.5, 0.6) is 0 Å². The lowest BCUT2D eigenvalue weighted by atomic mass is 9.66. The van der Waals surface area contributed by atoms with Crippen LogP contribution in [-0.4, -0.2) is 9.97 Å². The molecule has 0 saturated carbocycles. The van der Waals surface area contributed by atoms with Crippen molar-refractivity contribution in [3.05, 3.63) is 259 Å². The monoisotopic (exact) mass is 844 g/mol. The van der Waals surface area contributed by atoms with Gasteiger partial charge in [0.15, 0.2) is 0 Å². The van der Waals surface area contributed by atoms with Gasteiger partial charge in [-0.15, -0.1) is 11.3 Å². The second-order valence-corrected chi connectivity index (χ2v) is 18.2. The van der Waals surface area contributed by atoms with Crippen molar-refractivity contribution >= 4 is 58.6 Å². The molecule has 0 N–H and O–H groups in total. The molecule has 3 heteroatoms. The van der Waals surface area contributed by atoms with Gasteiger partial charge in [-0.25, -0.2) is 0 Å². The van der Waals surface area contributed by atoms with Gasteiger partial charge in [0.2, 0.25) is 0 Å². The predicted molar refractivity (Wildman–Crippen MR) is 274 cm³/mol. The summed E-state index contributed by atoms with van der Waals surface area (Å²) in [4.78, 5) is 9.03. The molecule has 0 fully saturated rings. The first-order valence-corrected chi connectivity index (χ1v) is 23.2. The Labute approximate surface area is 381 Å². The summed E-state index contributed by atoms with van der Waals surface area (Å²) in [6, 6.07) is 67.4. The number of aromatic nitrogens is 2. The van der Waals surface area contributed by atoms with E-state index >= 15 is 0 Å². The van der Waals surface area contributed by atoms with Crippen molar-refractivity contribution in [2.45, 2.75) is 5.92 Å². The van der Waals surface area contributed by atoms with Gasteiger partial charge < -0.3 is 0 Å². The minimum atomic E-state index is 0.0897. The fourth-order valence-corrected chi connectivity index (χ4v) is 12.2. The molecule has 0 saturated heterocycles. The summed E-state index contributed by atoms with van der Waals surface area (Å²) in [7, 11) is 0. The molecular weight excluding hydrogens is 805 g/mol. The summed E-state index contributed by atoms with van der Waals surface area (Å²) in [5.74, 6) is 0.212. The van der Waals surface area contributed by atoms with Gasteiger partial charge in [-0.1, -0.05) is 182 Å². The number of nitrogens with zero attached hydrogens (tertiary/aromatic N) is 2. The Morgan fingerprint density at radius 1 is 0.431 bits per heavy atom. The van der Waals surface area contributed by atoms with Crippen LogP contribution in [0.3, 0.4) is 0 Å². The summed E-state index contributed by atoms with van der Waals surface area (Å²) >= 11 is 1.92.